The van der Waals surface area contributed by atoms with Crippen LogP contribution in [0.2, 0.25) is 0 Å². The van der Waals surface area contributed by atoms with E-state index in [2.05, 4.69) is 26.8 Å². The Morgan fingerprint density at radius 1 is 0.882 bits per heavy atom. The van der Waals surface area contributed by atoms with Crippen LogP contribution in [0.5, 0.6) is 0 Å². The van der Waals surface area contributed by atoms with Crippen LogP contribution in [0, 0.1) is 11.3 Å². The number of carbonyl (C=O) groups is 1. The first kappa shape index (κ1) is 20.9. The Balaban J connectivity index is 1.32. The van der Waals surface area contributed by atoms with Gasteiger partial charge in [0.25, 0.3) is 5.91 Å². The van der Waals surface area contributed by atoms with E-state index in [1.165, 1.54) is 0 Å². The Morgan fingerprint density at radius 3 is 2.38 bits per heavy atom. The number of rotatable bonds is 6. The number of benzene rings is 3. The van der Waals surface area contributed by atoms with Crippen LogP contribution in [0.1, 0.15) is 21.5 Å². The molecule has 0 spiro atoms. The Bertz CT molecular complexity index is 1480. The highest BCUT2D eigenvalue weighted by Crippen LogP contribution is 2.22. The van der Waals surface area contributed by atoms with Crippen molar-refractivity contribution < 1.29 is 4.79 Å². The van der Waals surface area contributed by atoms with Crippen molar-refractivity contribution in [2.75, 3.05) is 5.32 Å². The number of carbonyl (C=O) groups excluding carboxylic acids is 1. The van der Waals surface area contributed by atoms with Crippen molar-refractivity contribution in [1.82, 2.24) is 19.9 Å². The van der Waals surface area contributed by atoms with E-state index >= 15 is 0 Å². The third-order valence-electron chi connectivity index (χ3n) is 5.37. The summed E-state index contributed by atoms with van der Waals surface area (Å²) in [6.45, 7) is 0.391. The molecule has 0 unspecified atom stereocenters. The number of pyridine rings is 1. The Kier molecular flexibility index (Phi) is 5.70. The molecule has 0 aliphatic carbocycles. The fraction of sp³-hybridized carbons (Fsp3) is 0.0370. The second-order valence-electron chi connectivity index (χ2n) is 7.68. The molecule has 0 fully saturated rings. The van der Waals surface area contributed by atoms with Gasteiger partial charge in [0.15, 0.2) is 5.65 Å². The second-order valence-corrected chi connectivity index (χ2v) is 7.68. The lowest BCUT2D eigenvalue weighted by molar-refractivity contribution is 0.0951. The summed E-state index contributed by atoms with van der Waals surface area (Å²) in [4.78, 5) is 17.1. The molecule has 2 heterocycles. The first-order valence-corrected chi connectivity index (χ1v) is 10.8. The van der Waals surface area contributed by atoms with E-state index in [4.69, 9.17) is 5.26 Å². The summed E-state index contributed by atoms with van der Waals surface area (Å²) in [6.07, 6.45) is 0. The molecule has 0 atom stereocenters. The number of fused-ring (bicyclic) bond motifs is 1. The van der Waals surface area contributed by atoms with Gasteiger partial charge in [0, 0.05) is 23.4 Å². The highest BCUT2D eigenvalue weighted by Gasteiger charge is 2.11. The van der Waals surface area contributed by atoms with Gasteiger partial charge in [0.05, 0.1) is 17.3 Å². The van der Waals surface area contributed by atoms with Gasteiger partial charge in [0.1, 0.15) is 0 Å². The van der Waals surface area contributed by atoms with E-state index in [0.717, 1.165) is 28.2 Å². The molecule has 3 aromatic carbocycles. The first-order chi connectivity index (χ1) is 16.7. The van der Waals surface area contributed by atoms with Crippen molar-refractivity contribution >= 4 is 23.2 Å². The first-order valence-electron chi connectivity index (χ1n) is 10.8. The summed E-state index contributed by atoms with van der Waals surface area (Å²) in [7, 11) is 0. The highest BCUT2D eigenvalue weighted by atomic mass is 16.1. The number of amides is 1. The minimum atomic E-state index is -0.163. The number of anilines is 2. The maximum Gasteiger partial charge on any atom is 0.251 e. The molecule has 1 amide bonds. The Morgan fingerprint density at radius 2 is 1.65 bits per heavy atom. The second kappa shape index (κ2) is 9.27. The third kappa shape index (κ3) is 4.47. The van der Waals surface area contributed by atoms with Crippen molar-refractivity contribution in [3.63, 3.8) is 0 Å². The highest BCUT2D eigenvalue weighted by molar-refractivity contribution is 5.94. The van der Waals surface area contributed by atoms with Crippen LogP contribution < -0.4 is 10.6 Å². The maximum absolute atomic E-state index is 12.6. The minimum absolute atomic E-state index is 0.163. The van der Waals surface area contributed by atoms with E-state index in [1.54, 1.807) is 28.8 Å². The Labute approximate surface area is 196 Å². The number of nitrogens with one attached hydrogen (secondary N) is 2. The lowest BCUT2D eigenvalue weighted by atomic mass is 10.1. The predicted octanol–water partition coefficient (Wildman–Crippen LogP) is 4.94. The van der Waals surface area contributed by atoms with E-state index in [1.807, 2.05) is 72.8 Å². The van der Waals surface area contributed by atoms with E-state index in [0.29, 0.717) is 23.6 Å². The van der Waals surface area contributed by atoms with Crippen LogP contribution >= 0.6 is 0 Å². The van der Waals surface area contributed by atoms with Crippen LogP contribution in [-0.2, 0) is 6.54 Å². The zero-order valence-corrected chi connectivity index (χ0v) is 18.1. The molecular weight excluding hydrogens is 424 g/mol. The van der Waals surface area contributed by atoms with Gasteiger partial charge in [-0.05, 0) is 54.1 Å². The molecule has 0 saturated carbocycles. The largest absolute Gasteiger partial charge is 0.348 e. The van der Waals surface area contributed by atoms with Crippen LogP contribution in [0.15, 0.2) is 97.1 Å². The van der Waals surface area contributed by atoms with E-state index in [9.17, 15) is 4.79 Å². The monoisotopic (exact) mass is 444 g/mol. The molecule has 0 bridgehead atoms. The van der Waals surface area contributed by atoms with Gasteiger partial charge in [-0.3, -0.25) is 4.79 Å². The molecule has 5 rings (SSSR count). The summed E-state index contributed by atoms with van der Waals surface area (Å²) < 4.78 is 1.78. The van der Waals surface area contributed by atoms with Gasteiger partial charge in [-0.15, -0.1) is 5.10 Å². The van der Waals surface area contributed by atoms with Gasteiger partial charge < -0.3 is 10.6 Å². The maximum atomic E-state index is 12.6. The smallest absolute Gasteiger partial charge is 0.251 e. The molecule has 164 valence electrons. The van der Waals surface area contributed by atoms with Crippen LogP contribution in [0.3, 0.4) is 0 Å². The van der Waals surface area contributed by atoms with Crippen LogP contribution in [0.4, 0.5) is 11.6 Å². The topological polar surface area (TPSA) is 95.1 Å². The SMILES string of the molecule is N#Cc1ccc(CNC(=O)c2ccc(-c3cccc4nc(Nc5ccccc5)nn34)cc2)cc1. The molecule has 0 radical (unpaired) electrons. The normalized spacial score (nSPS) is 10.6. The molecule has 2 aromatic heterocycles. The lowest BCUT2D eigenvalue weighted by Crippen LogP contribution is -2.22. The lowest BCUT2D eigenvalue weighted by Gasteiger charge is -2.08. The molecule has 0 saturated heterocycles. The van der Waals surface area contributed by atoms with Gasteiger partial charge in [-0.25, -0.2) is 4.52 Å². The summed E-state index contributed by atoms with van der Waals surface area (Å²) >= 11 is 0. The number of nitriles is 1. The summed E-state index contributed by atoms with van der Waals surface area (Å²) in [6, 6.07) is 32.2. The summed E-state index contributed by atoms with van der Waals surface area (Å²) in [5, 5.41) is 19.6. The van der Waals surface area contributed by atoms with Crippen molar-refractivity contribution in [2.45, 2.75) is 6.54 Å². The molecule has 7 nitrogen and oxygen atoms in total. The fourth-order valence-corrected chi connectivity index (χ4v) is 3.60. The van der Waals surface area contributed by atoms with Crippen molar-refractivity contribution in [3.05, 3.63) is 114 Å². The molecule has 0 aliphatic rings. The standard InChI is InChI=1S/C27H20N6O/c28-17-19-9-11-20(12-10-19)18-29-26(34)22-15-13-21(14-16-22)24-7-4-8-25-31-27(32-33(24)25)30-23-5-2-1-3-6-23/h1-16H,18H2,(H,29,34)(H,30,32). The molecule has 7 heteroatoms. The van der Waals surface area contributed by atoms with Crippen LogP contribution in [-0.4, -0.2) is 20.5 Å². The third-order valence-corrected chi connectivity index (χ3v) is 5.37. The van der Waals surface area contributed by atoms with Gasteiger partial charge >= 0.3 is 0 Å². The van der Waals surface area contributed by atoms with Gasteiger partial charge in [-0.2, -0.15) is 10.2 Å². The molecule has 34 heavy (non-hydrogen) atoms. The van der Waals surface area contributed by atoms with Crippen molar-refractivity contribution in [1.29, 1.82) is 5.26 Å². The summed E-state index contributed by atoms with van der Waals surface area (Å²) in [5.41, 5.74) is 5.52. The van der Waals surface area contributed by atoms with Gasteiger partial charge in [-0.1, -0.05) is 48.5 Å². The minimum Gasteiger partial charge on any atom is -0.348 e. The number of para-hydroxylation sites is 1. The number of aromatic nitrogens is 3. The average Bonchev–Trinajstić information content (AvgIpc) is 3.31. The number of nitrogens with zero attached hydrogens (tertiary/aromatic N) is 4. The molecule has 2 N–H and O–H groups in total. The zero-order chi connectivity index (χ0) is 23.3. The summed E-state index contributed by atoms with van der Waals surface area (Å²) in [5.74, 6) is 0.349. The van der Waals surface area contributed by atoms with Crippen molar-refractivity contribution in [2.24, 2.45) is 0 Å². The quantitative estimate of drug-likeness (QED) is 0.387. The molecule has 5 aromatic rings. The van der Waals surface area contributed by atoms with E-state index in [-0.39, 0.29) is 5.91 Å². The number of hydrogen-bond donors (Lipinski definition) is 2. The predicted molar refractivity (Wildman–Crippen MR) is 130 cm³/mol. The van der Waals surface area contributed by atoms with Crippen LogP contribution in [0.25, 0.3) is 16.9 Å². The van der Waals surface area contributed by atoms with Crippen molar-refractivity contribution in [3.8, 4) is 17.3 Å². The van der Waals surface area contributed by atoms with Gasteiger partial charge in [0.2, 0.25) is 5.95 Å². The fourth-order valence-electron chi connectivity index (χ4n) is 3.60. The average molecular weight is 444 g/mol. The van der Waals surface area contributed by atoms with E-state index < -0.39 is 0 Å². The zero-order valence-electron chi connectivity index (χ0n) is 18.1. The number of hydrogen-bond acceptors (Lipinski definition) is 5. The molecule has 0 aliphatic heterocycles. The Hall–Kier alpha value is -4.96. The molecular formula is C27H20N6O.